The van der Waals surface area contributed by atoms with E-state index < -0.39 is 5.24 Å². The van der Waals surface area contributed by atoms with Crippen LogP contribution in [-0.2, 0) is 37.0 Å². The van der Waals surface area contributed by atoms with E-state index in [0.717, 1.165) is 37.3 Å². The summed E-state index contributed by atoms with van der Waals surface area (Å²) in [7, 11) is 0. The quantitative estimate of drug-likeness (QED) is 0.103. The first kappa shape index (κ1) is 60.0. The first-order chi connectivity index (χ1) is 37.2. The van der Waals surface area contributed by atoms with Crippen molar-refractivity contribution >= 4 is 45.4 Å². The number of nitrogens with one attached hydrogen (secondary N) is 2. The number of aromatic hydroxyl groups is 3. The van der Waals surface area contributed by atoms with Crippen LogP contribution in [0.3, 0.4) is 0 Å². The minimum Gasteiger partial charge on any atom is -0.508 e. The van der Waals surface area contributed by atoms with Crippen molar-refractivity contribution in [2.45, 2.75) is 114 Å². The van der Waals surface area contributed by atoms with E-state index in [4.69, 9.17) is 23.2 Å². The summed E-state index contributed by atoms with van der Waals surface area (Å²) in [6.07, 6.45) is 4.02. The molecule has 78 heavy (non-hydrogen) atoms. The lowest BCUT2D eigenvalue weighted by molar-refractivity contribution is -0.150. The molecule has 6 saturated heterocycles. The lowest BCUT2D eigenvalue weighted by Crippen LogP contribution is -2.60. The summed E-state index contributed by atoms with van der Waals surface area (Å²) in [6.45, 7) is 23.4. The van der Waals surface area contributed by atoms with Gasteiger partial charge in [-0.05, 0) is 135 Å². The van der Waals surface area contributed by atoms with Crippen LogP contribution >= 0.6 is 23.2 Å². The molecule has 6 aliphatic heterocycles. The van der Waals surface area contributed by atoms with E-state index >= 15 is 0 Å². The van der Waals surface area contributed by atoms with E-state index in [-0.39, 0.29) is 50.9 Å². The molecule has 11 rings (SSSR count). The number of carbonyl (C=O) groups excluding carboxylic acids is 4. The highest BCUT2D eigenvalue weighted by atomic mass is 35.5. The van der Waals surface area contributed by atoms with Gasteiger partial charge >= 0.3 is 0 Å². The Morgan fingerprint density at radius 3 is 1.40 bits per heavy atom. The molecule has 1 amide bonds. The van der Waals surface area contributed by atoms with Gasteiger partial charge in [0.2, 0.25) is 11.1 Å². The maximum atomic E-state index is 12.2. The molecule has 0 unspecified atom stereocenters. The Kier molecular flexibility index (Phi) is 20.8. The van der Waals surface area contributed by atoms with E-state index in [1.165, 1.54) is 50.1 Å². The van der Waals surface area contributed by atoms with E-state index in [2.05, 4.69) is 74.1 Å². The first-order valence-corrected chi connectivity index (χ1v) is 28.5. The van der Waals surface area contributed by atoms with Crippen molar-refractivity contribution < 1.29 is 34.5 Å². The van der Waals surface area contributed by atoms with Crippen LogP contribution in [0.4, 0.5) is 0 Å². The summed E-state index contributed by atoms with van der Waals surface area (Å²) in [4.78, 5) is 52.1. The minimum atomic E-state index is -0.407. The number of carbonyl (C=O) groups is 4. The van der Waals surface area contributed by atoms with Crippen molar-refractivity contribution in [2.24, 2.45) is 17.8 Å². The number of hydrogen-bond donors (Lipinski definition) is 5. The maximum absolute atomic E-state index is 12.2. The van der Waals surface area contributed by atoms with Gasteiger partial charge < -0.3 is 30.9 Å². The van der Waals surface area contributed by atoms with Gasteiger partial charge in [0.25, 0.3) is 5.24 Å². The number of benzene rings is 5. The second kappa shape index (κ2) is 27.0. The third-order valence-electron chi connectivity index (χ3n) is 18.0. The fourth-order valence-electron chi connectivity index (χ4n) is 12.5. The number of rotatable bonds is 6. The van der Waals surface area contributed by atoms with Gasteiger partial charge in [-0.2, -0.15) is 0 Å². The molecule has 12 nitrogen and oxygen atoms in total. The van der Waals surface area contributed by atoms with Gasteiger partial charge in [-0.15, -0.1) is 0 Å². The van der Waals surface area contributed by atoms with Crippen molar-refractivity contribution in [3.63, 3.8) is 0 Å². The van der Waals surface area contributed by atoms with Crippen molar-refractivity contribution in [3.05, 3.63) is 161 Å². The average molecular weight is 1100 g/mol. The van der Waals surface area contributed by atoms with Gasteiger partial charge in [0.05, 0.1) is 6.04 Å². The Balaban J connectivity index is 0.000000146. The van der Waals surface area contributed by atoms with Crippen LogP contribution in [0, 0.1) is 17.8 Å². The molecule has 0 bridgehead atoms. The number of piperazine rings is 2. The van der Waals surface area contributed by atoms with Gasteiger partial charge in [0, 0.05) is 95.8 Å². The third-order valence-corrected chi connectivity index (χ3v) is 18.3. The second-order valence-corrected chi connectivity index (χ2v) is 23.9. The molecule has 5 aromatic rings. The summed E-state index contributed by atoms with van der Waals surface area (Å²) < 4.78 is 0. The molecule has 418 valence electrons. The van der Waals surface area contributed by atoms with Crippen LogP contribution in [-0.4, -0.2) is 129 Å². The highest BCUT2D eigenvalue weighted by Crippen LogP contribution is 2.46. The second-order valence-electron chi connectivity index (χ2n) is 23.1. The molecule has 5 aromatic carbocycles. The Hall–Kier alpha value is -5.60. The SMILES string of the molecule is C[C@H]1CN2C(=O)CCC(=O)[C@H]2C[C@@]1(C)c1cccc(O)c1.C[C@H]1CN2CCNC[C@H]2C[C@@]1(C)c1cccc(O)c1.C[C@H]1CN2CCNC[C@H]2C[C@@]1(C)c1cccc(O)c1.O=C(Cl)Cc1ccccc1.O=C(Cl)c1ccccc1. The minimum absolute atomic E-state index is 0.101. The molecule has 9 atom stereocenters. The molecule has 0 spiro atoms. The van der Waals surface area contributed by atoms with Crippen molar-refractivity contribution in [1.29, 1.82) is 0 Å². The summed E-state index contributed by atoms with van der Waals surface area (Å²) in [5, 5.41) is 35.5. The molecular formula is C64H81Cl2N5O7. The molecular weight excluding hydrogens is 1020 g/mol. The van der Waals surface area contributed by atoms with Crippen molar-refractivity contribution in [1.82, 2.24) is 25.3 Å². The Bertz CT molecular complexity index is 2720. The molecule has 0 aliphatic carbocycles. The highest BCUT2D eigenvalue weighted by molar-refractivity contribution is 6.67. The van der Waals surface area contributed by atoms with Gasteiger partial charge in [0.1, 0.15) is 17.2 Å². The third kappa shape index (κ3) is 15.0. The number of hydrogen-bond acceptors (Lipinski definition) is 11. The Morgan fingerprint density at radius 2 is 0.987 bits per heavy atom. The van der Waals surface area contributed by atoms with Crippen molar-refractivity contribution in [3.8, 4) is 17.2 Å². The number of ketones is 1. The average Bonchev–Trinajstić information content (AvgIpc) is 3.51. The fraction of sp³-hybridized carbons (Fsp3) is 0.469. The first-order valence-electron chi connectivity index (χ1n) is 27.8. The normalized spacial score (nSPS) is 28.6. The number of phenolic OH excluding ortho intramolecular Hbond substituents is 3. The van der Waals surface area contributed by atoms with Gasteiger partial charge in [0.15, 0.2) is 5.78 Å². The summed E-state index contributed by atoms with van der Waals surface area (Å²) in [6, 6.07) is 42.1. The number of amides is 1. The molecule has 6 heterocycles. The number of fused-ring (bicyclic) bond motifs is 3. The zero-order valence-corrected chi connectivity index (χ0v) is 47.9. The van der Waals surface area contributed by atoms with Crippen LogP contribution in [0.2, 0.25) is 0 Å². The van der Waals surface area contributed by atoms with Gasteiger partial charge in [-0.1, -0.05) is 139 Å². The number of halogens is 2. The Morgan fingerprint density at radius 1 is 0.564 bits per heavy atom. The lowest BCUT2D eigenvalue weighted by Gasteiger charge is -2.51. The summed E-state index contributed by atoms with van der Waals surface area (Å²) >= 11 is 10.3. The van der Waals surface area contributed by atoms with Crippen molar-refractivity contribution in [2.75, 3.05) is 58.9 Å². The molecule has 0 saturated carbocycles. The largest absolute Gasteiger partial charge is 0.508 e. The molecule has 6 aliphatic rings. The Labute approximate surface area is 472 Å². The fourth-order valence-corrected chi connectivity index (χ4v) is 12.8. The van der Waals surface area contributed by atoms with Crippen LogP contribution in [0.1, 0.15) is 106 Å². The van der Waals surface area contributed by atoms with Crippen LogP contribution < -0.4 is 10.6 Å². The highest BCUT2D eigenvalue weighted by Gasteiger charge is 2.49. The zero-order valence-electron chi connectivity index (χ0n) is 46.3. The zero-order chi connectivity index (χ0) is 56.2. The number of Topliss-reactive ketones (excluding diaryl/α,β-unsaturated/α-hetero) is 1. The molecule has 6 fully saturated rings. The molecule has 5 N–H and O–H groups in total. The van der Waals surface area contributed by atoms with E-state index in [9.17, 15) is 34.5 Å². The summed E-state index contributed by atoms with van der Waals surface area (Å²) in [5.74, 6) is 2.76. The molecule has 0 aromatic heterocycles. The van der Waals surface area contributed by atoms with E-state index in [1.54, 1.807) is 53.4 Å². The topological polar surface area (TPSA) is 163 Å². The van der Waals surface area contributed by atoms with E-state index in [1.807, 2.05) is 72.8 Å². The van der Waals surface area contributed by atoms with Crippen LogP contribution in [0.25, 0.3) is 0 Å². The predicted octanol–water partition coefficient (Wildman–Crippen LogP) is 10.2. The van der Waals surface area contributed by atoms with Gasteiger partial charge in [-0.25, -0.2) is 0 Å². The molecule has 0 radical (unpaired) electrons. The van der Waals surface area contributed by atoms with Crippen LogP contribution in [0.5, 0.6) is 17.2 Å². The monoisotopic (exact) mass is 1100 g/mol. The van der Waals surface area contributed by atoms with Crippen LogP contribution in [0.15, 0.2) is 133 Å². The number of nitrogens with zero attached hydrogens (tertiary/aromatic N) is 3. The standard InChI is InChI=1S/C17H21NO3.2C16H24N2O.C8H7ClO.C7H5ClO/c1-11-10-18-14(15(20)6-7-16(18)21)9-17(11,2)12-4-3-5-13(19)8-12;2*1-12-11-18-7-6-17-10-14(18)9-16(12,2)13-4-3-5-15(19)8-13;9-8(10)6-7-4-2-1-3-5-7;8-7(9)6-4-2-1-3-5-6/h3-5,8,11,14,19H,6-7,9-10H2,1-2H3;2*3-5,8,12,14,17,19H,6-7,9-11H2,1-2H3;1-5H,6H2;1-5H/t11-,14+,17+;2*12-,14+,16+;;/m000../s1. The predicted molar refractivity (Wildman–Crippen MR) is 312 cm³/mol. The number of piperidine rings is 4. The number of phenols is 3. The van der Waals surface area contributed by atoms with Gasteiger partial charge in [-0.3, -0.25) is 29.0 Å². The molecule has 14 heteroatoms. The summed E-state index contributed by atoms with van der Waals surface area (Å²) in [5.41, 5.74) is 5.24. The lowest BCUT2D eigenvalue weighted by atomic mass is 9.64. The van der Waals surface area contributed by atoms with E-state index in [0.29, 0.717) is 73.2 Å². The smallest absolute Gasteiger partial charge is 0.252 e. The maximum Gasteiger partial charge on any atom is 0.252 e.